The van der Waals surface area contributed by atoms with Crippen molar-refractivity contribution in [2.24, 2.45) is 0 Å². The van der Waals surface area contributed by atoms with E-state index in [1.807, 2.05) is 0 Å². The zero-order chi connectivity index (χ0) is 19.6. The summed E-state index contributed by atoms with van der Waals surface area (Å²) in [5.41, 5.74) is -3.13. The van der Waals surface area contributed by atoms with Gasteiger partial charge in [0.05, 0.1) is 15.7 Å². The molecule has 0 radical (unpaired) electrons. The predicted octanol–water partition coefficient (Wildman–Crippen LogP) is 3.51. The van der Waals surface area contributed by atoms with E-state index in [1.54, 1.807) is 0 Å². The summed E-state index contributed by atoms with van der Waals surface area (Å²) in [6.45, 7) is 2.94. The highest BCUT2D eigenvalue weighted by atomic mass is 79.9. The van der Waals surface area contributed by atoms with E-state index in [1.165, 1.54) is 26.8 Å². The third-order valence-electron chi connectivity index (χ3n) is 3.26. The van der Waals surface area contributed by atoms with Gasteiger partial charge in [0.25, 0.3) is 0 Å². The van der Waals surface area contributed by atoms with Gasteiger partial charge in [-0.2, -0.15) is 13.2 Å². The Morgan fingerprint density at radius 2 is 1.88 bits per heavy atom. The monoisotopic (exact) mass is 452 g/mol. The average molecular weight is 453 g/mol. The normalized spacial score (nSPS) is 17.8. The SMILES string of the molecule is CC(C)(C)[S@@](=O)N[C@@](CF)(C[C@@H](O)C(F)(F)F)c1nc(Br)ccc1F. The van der Waals surface area contributed by atoms with E-state index in [-0.39, 0.29) is 4.60 Å². The van der Waals surface area contributed by atoms with Crippen LogP contribution in [0.2, 0.25) is 0 Å². The van der Waals surface area contributed by atoms with Crippen LogP contribution in [-0.2, 0) is 16.5 Å². The second-order valence-corrected chi connectivity index (χ2v) is 9.20. The molecule has 0 saturated heterocycles. The molecule has 0 unspecified atom stereocenters. The highest BCUT2D eigenvalue weighted by Crippen LogP contribution is 2.35. The molecular weight excluding hydrogens is 435 g/mol. The number of hydrogen-bond donors (Lipinski definition) is 2. The van der Waals surface area contributed by atoms with Gasteiger partial charge < -0.3 is 5.11 Å². The van der Waals surface area contributed by atoms with Crippen molar-refractivity contribution >= 4 is 26.9 Å². The minimum Gasteiger partial charge on any atom is -0.384 e. The van der Waals surface area contributed by atoms with E-state index in [4.69, 9.17) is 0 Å². The van der Waals surface area contributed by atoms with Crippen LogP contribution in [0.5, 0.6) is 0 Å². The van der Waals surface area contributed by atoms with Crippen molar-refractivity contribution in [1.82, 2.24) is 9.71 Å². The van der Waals surface area contributed by atoms with Gasteiger partial charge in [-0.05, 0) is 48.8 Å². The molecule has 4 nitrogen and oxygen atoms in total. The largest absolute Gasteiger partial charge is 0.414 e. The Kier molecular flexibility index (Phi) is 7.10. The second-order valence-electron chi connectivity index (χ2n) is 6.42. The molecule has 25 heavy (non-hydrogen) atoms. The van der Waals surface area contributed by atoms with Crippen molar-refractivity contribution in [1.29, 1.82) is 0 Å². The number of hydrogen-bond acceptors (Lipinski definition) is 3. The topological polar surface area (TPSA) is 62.2 Å². The molecule has 0 aromatic carbocycles. The van der Waals surface area contributed by atoms with E-state index in [0.29, 0.717) is 0 Å². The Morgan fingerprint density at radius 1 is 1.32 bits per heavy atom. The summed E-state index contributed by atoms with van der Waals surface area (Å²) in [4.78, 5) is 3.71. The summed E-state index contributed by atoms with van der Waals surface area (Å²) in [7, 11) is -2.06. The minimum absolute atomic E-state index is 0.0477. The van der Waals surface area contributed by atoms with Gasteiger partial charge in [-0.3, -0.25) is 0 Å². The van der Waals surface area contributed by atoms with Gasteiger partial charge in [0.2, 0.25) is 0 Å². The first-order valence-electron chi connectivity index (χ1n) is 7.06. The summed E-state index contributed by atoms with van der Waals surface area (Å²) in [5, 5.41) is 9.40. The van der Waals surface area contributed by atoms with Crippen molar-refractivity contribution < 1.29 is 31.3 Å². The summed E-state index contributed by atoms with van der Waals surface area (Å²) < 4.78 is 80.1. The molecule has 0 saturated carbocycles. The molecule has 1 rings (SSSR count). The molecular formula is C14H18BrF5N2O2S. The molecule has 1 heterocycles. The molecule has 0 aliphatic heterocycles. The quantitative estimate of drug-likeness (QED) is 0.512. The number of aliphatic hydroxyl groups excluding tert-OH is 1. The van der Waals surface area contributed by atoms with Gasteiger partial charge in [-0.15, -0.1) is 0 Å². The number of nitrogens with one attached hydrogen (secondary N) is 1. The second kappa shape index (κ2) is 7.93. The van der Waals surface area contributed by atoms with Crippen LogP contribution in [0, 0.1) is 5.82 Å². The van der Waals surface area contributed by atoms with E-state index in [9.17, 15) is 31.3 Å². The number of pyridine rings is 1. The Bertz CT molecular complexity index is 639. The minimum atomic E-state index is -5.06. The van der Waals surface area contributed by atoms with Gasteiger partial charge in [0.1, 0.15) is 28.3 Å². The third kappa shape index (κ3) is 5.66. The lowest BCUT2D eigenvalue weighted by atomic mass is 9.89. The van der Waals surface area contributed by atoms with Crippen LogP contribution in [-0.4, -0.2) is 38.0 Å². The molecule has 11 heteroatoms. The maximum absolute atomic E-state index is 14.2. The number of aliphatic hydroxyl groups is 1. The first-order valence-corrected chi connectivity index (χ1v) is 9.00. The Morgan fingerprint density at radius 3 is 2.32 bits per heavy atom. The molecule has 0 aliphatic carbocycles. The Balaban J connectivity index is 3.47. The van der Waals surface area contributed by atoms with E-state index in [0.717, 1.165) is 6.07 Å². The first-order chi connectivity index (χ1) is 11.2. The molecule has 0 amide bonds. The Hall–Kier alpha value is -0.650. The first kappa shape index (κ1) is 22.4. The van der Waals surface area contributed by atoms with Crippen molar-refractivity contribution in [3.8, 4) is 0 Å². The zero-order valence-electron chi connectivity index (χ0n) is 13.6. The van der Waals surface area contributed by atoms with E-state index in [2.05, 4.69) is 25.6 Å². The molecule has 0 aliphatic rings. The molecule has 0 fully saturated rings. The fourth-order valence-electron chi connectivity index (χ4n) is 1.86. The molecule has 3 atom stereocenters. The third-order valence-corrected chi connectivity index (χ3v) is 5.39. The molecule has 2 N–H and O–H groups in total. The maximum atomic E-state index is 14.2. The van der Waals surface area contributed by atoms with Crippen LogP contribution >= 0.6 is 15.9 Å². The highest BCUT2D eigenvalue weighted by Gasteiger charge is 2.48. The molecule has 0 bridgehead atoms. The van der Waals surface area contributed by atoms with Crippen molar-refractivity contribution in [3.63, 3.8) is 0 Å². The van der Waals surface area contributed by atoms with Crippen LogP contribution < -0.4 is 4.72 Å². The van der Waals surface area contributed by atoms with Crippen LogP contribution in [0.4, 0.5) is 22.0 Å². The lowest BCUT2D eigenvalue weighted by molar-refractivity contribution is -0.210. The van der Waals surface area contributed by atoms with Gasteiger partial charge in [-0.1, -0.05) is 0 Å². The predicted molar refractivity (Wildman–Crippen MR) is 87.3 cm³/mol. The summed E-state index contributed by atoms with van der Waals surface area (Å²) >= 11 is 2.94. The van der Waals surface area contributed by atoms with Crippen LogP contribution in [0.3, 0.4) is 0 Å². The van der Waals surface area contributed by atoms with Crippen LogP contribution in [0.1, 0.15) is 32.9 Å². The zero-order valence-corrected chi connectivity index (χ0v) is 16.0. The van der Waals surface area contributed by atoms with Gasteiger partial charge in [-0.25, -0.2) is 22.7 Å². The van der Waals surface area contributed by atoms with E-state index >= 15 is 0 Å². The molecule has 1 aromatic rings. The van der Waals surface area contributed by atoms with Gasteiger partial charge >= 0.3 is 6.18 Å². The number of rotatable bonds is 6. The number of halogens is 6. The van der Waals surface area contributed by atoms with Gasteiger partial charge in [0, 0.05) is 6.42 Å². The Labute approximate surface area is 152 Å². The summed E-state index contributed by atoms with van der Waals surface area (Å²) in [6, 6.07) is 2.07. The van der Waals surface area contributed by atoms with Crippen LogP contribution in [0.25, 0.3) is 0 Å². The number of nitrogens with zero attached hydrogens (tertiary/aromatic N) is 1. The standard InChI is InChI=1S/C14H18BrF5N2O2S/c1-12(2,3)25(24)22-13(7-16,6-9(23)14(18,19)20)11-8(17)4-5-10(15)21-11/h4-5,9,22-23H,6-7H2,1-3H3/t9-,13-,25-/m1/s1. The smallest absolute Gasteiger partial charge is 0.384 e. The van der Waals surface area contributed by atoms with Crippen LogP contribution in [0.15, 0.2) is 16.7 Å². The summed E-state index contributed by atoms with van der Waals surface area (Å²) in [5.74, 6) is -1.09. The highest BCUT2D eigenvalue weighted by molar-refractivity contribution is 9.10. The fraction of sp³-hybridized carbons (Fsp3) is 0.643. The van der Waals surface area contributed by atoms with E-state index < -0.39 is 58.2 Å². The van der Waals surface area contributed by atoms with Crippen molar-refractivity contribution in [2.45, 2.75) is 49.8 Å². The lowest BCUT2D eigenvalue weighted by Crippen LogP contribution is -2.53. The molecule has 0 spiro atoms. The summed E-state index contributed by atoms with van der Waals surface area (Å²) in [6.07, 6.45) is -9.32. The fourth-order valence-corrected chi connectivity index (χ4v) is 3.07. The lowest BCUT2D eigenvalue weighted by Gasteiger charge is -2.35. The molecule has 1 aromatic heterocycles. The van der Waals surface area contributed by atoms with Gasteiger partial charge in [0.15, 0.2) is 6.10 Å². The number of alkyl halides is 4. The van der Waals surface area contributed by atoms with Crippen molar-refractivity contribution in [3.05, 3.63) is 28.2 Å². The molecule has 144 valence electrons. The average Bonchev–Trinajstić information content (AvgIpc) is 2.46. The maximum Gasteiger partial charge on any atom is 0.414 e. The van der Waals surface area contributed by atoms with Crippen molar-refractivity contribution in [2.75, 3.05) is 6.67 Å². The number of aromatic nitrogens is 1.